The predicted molar refractivity (Wildman–Crippen MR) is 187 cm³/mol. The highest BCUT2D eigenvalue weighted by molar-refractivity contribution is 7.92. The molecule has 0 unspecified atom stereocenters. The molecule has 2 aromatic rings. The molecule has 0 N–H and O–H groups in total. The maximum atomic E-state index is 15.1. The van der Waals surface area contributed by atoms with E-state index < -0.39 is 9.84 Å². The normalized spacial score (nSPS) is 27.7. The molecule has 0 aromatic heterocycles. The number of hydrogen-bond donors (Lipinski definition) is 0. The Balaban J connectivity index is 0.966. The molecule has 10 heteroatoms. The zero-order chi connectivity index (χ0) is 33.0. The van der Waals surface area contributed by atoms with Gasteiger partial charge in [0.1, 0.15) is 5.82 Å². The molecule has 8 nitrogen and oxygen atoms in total. The largest absolute Gasteiger partial charge is 0.371 e. The van der Waals surface area contributed by atoms with Crippen molar-refractivity contribution < 1.29 is 17.6 Å². The van der Waals surface area contributed by atoms with Gasteiger partial charge < -0.3 is 24.5 Å². The Morgan fingerprint density at radius 2 is 1.58 bits per heavy atom. The van der Waals surface area contributed by atoms with Crippen molar-refractivity contribution in [3.8, 4) is 0 Å². The molecule has 260 valence electrons. The smallest absolute Gasteiger partial charge is 0.320 e. The molecule has 0 spiro atoms. The number of halogens is 1. The summed E-state index contributed by atoms with van der Waals surface area (Å²) in [7, 11) is -1.23. The monoisotopic (exact) mass is 677 g/mol. The quantitative estimate of drug-likeness (QED) is 0.330. The average molecular weight is 678 g/mol. The van der Waals surface area contributed by atoms with Crippen molar-refractivity contribution in [3.63, 3.8) is 0 Å². The van der Waals surface area contributed by atoms with Crippen molar-refractivity contribution in [3.05, 3.63) is 59.9 Å². The van der Waals surface area contributed by atoms with Crippen LogP contribution in [0.3, 0.4) is 0 Å². The van der Waals surface area contributed by atoms with Gasteiger partial charge in [-0.25, -0.2) is 17.6 Å². The number of urea groups is 1. The Labute approximate surface area is 286 Å². The van der Waals surface area contributed by atoms with Crippen molar-refractivity contribution in [2.24, 2.45) is 17.8 Å². The van der Waals surface area contributed by atoms with Crippen molar-refractivity contribution in [2.45, 2.75) is 73.0 Å². The molecule has 6 aliphatic rings. The fraction of sp³-hybridized carbons (Fsp3) is 0.658. The Hall–Kier alpha value is -2.69. The van der Waals surface area contributed by atoms with Gasteiger partial charge in [0, 0.05) is 69.4 Å². The van der Waals surface area contributed by atoms with E-state index in [2.05, 4.69) is 25.7 Å². The lowest BCUT2D eigenvalue weighted by Gasteiger charge is -2.54. The van der Waals surface area contributed by atoms with E-state index in [0.717, 1.165) is 122 Å². The summed E-state index contributed by atoms with van der Waals surface area (Å²) in [5, 5.41) is -0.175. The van der Waals surface area contributed by atoms with Crippen LogP contribution in [-0.2, 0) is 15.3 Å². The lowest BCUT2D eigenvalue weighted by molar-refractivity contribution is 0.0114. The first-order valence-electron chi connectivity index (χ1n) is 18.5. The highest BCUT2D eigenvalue weighted by Gasteiger charge is 2.55. The second-order valence-corrected chi connectivity index (χ2v) is 18.0. The fourth-order valence-electron chi connectivity index (χ4n) is 9.98. The van der Waals surface area contributed by atoms with Gasteiger partial charge in [0.25, 0.3) is 0 Å². The van der Waals surface area contributed by atoms with Gasteiger partial charge in [-0.05, 0) is 125 Å². The van der Waals surface area contributed by atoms with Gasteiger partial charge in [-0.3, -0.25) is 0 Å². The van der Waals surface area contributed by atoms with Gasteiger partial charge >= 0.3 is 6.03 Å². The lowest BCUT2D eigenvalue weighted by Crippen LogP contribution is -2.60. The molecular weight excluding hydrogens is 626 g/mol. The highest BCUT2D eigenvalue weighted by atomic mass is 32.2. The van der Waals surface area contributed by atoms with Crippen LogP contribution in [0.4, 0.5) is 14.9 Å². The number of hydrogen-bond acceptors (Lipinski definition) is 6. The van der Waals surface area contributed by atoms with E-state index in [9.17, 15) is 13.2 Å². The van der Waals surface area contributed by atoms with Gasteiger partial charge in [0.05, 0.1) is 10.1 Å². The maximum absolute atomic E-state index is 15.1. The molecule has 48 heavy (non-hydrogen) atoms. The Morgan fingerprint density at radius 1 is 0.833 bits per heavy atom. The topological polar surface area (TPSA) is 67.4 Å². The standard InChI is InChI=1S/C38H52FN5O3S/c1-40-21-22-44(37(40)45)36-8-3-7-35(36)38(27-42-17-4-18-42,30-5-2-6-31(39)23-30)29-15-19-41(20-16-29)24-28-25-43(26-28)32-9-11-33(12-10-32)48(46,47)34-13-14-34/h2,5-6,9-12,23,28-29,34-36H,3-4,7-8,13-22,24-27H2,1H3/t35-,36-,38-/m0/s1. The summed E-state index contributed by atoms with van der Waals surface area (Å²) in [6, 6.07) is 15.4. The van der Waals surface area contributed by atoms with E-state index in [1.54, 1.807) is 18.2 Å². The van der Waals surface area contributed by atoms with E-state index in [4.69, 9.17) is 0 Å². The number of piperidine rings is 1. The van der Waals surface area contributed by atoms with Crippen LogP contribution in [0.25, 0.3) is 0 Å². The van der Waals surface area contributed by atoms with E-state index >= 15 is 4.39 Å². The molecule has 2 aliphatic carbocycles. The highest BCUT2D eigenvalue weighted by Crippen LogP contribution is 2.53. The third-order valence-electron chi connectivity index (χ3n) is 12.9. The molecule has 2 saturated carbocycles. The fourth-order valence-corrected chi connectivity index (χ4v) is 11.6. The molecule has 6 fully saturated rings. The molecule has 2 amide bonds. The number of anilines is 1. The van der Waals surface area contributed by atoms with Crippen molar-refractivity contribution in [2.75, 3.05) is 77.4 Å². The molecule has 4 saturated heterocycles. The Kier molecular flexibility index (Phi) is 8.73. The number of likely N-dealkylation sites (N-methyl/N-ethyl adjacent to an activating group) is 1. The molecule has 0 bridgehead atoms. The minimum Gasteiger partial charge on any atom is -0.371 e. The molecular formula is C38H52FN5O3S. The number of amides is 2. The number of sulfone groups is 1. The molecule has 4 aliphatic heterocycles. The third kappa shape index (κ3) is 5.93. The number of nitrogens with zero attached hydrogens (tertiary/aromatic N) is 5. The lowest BCUT2D eigenvalue weighted by atomic mass is 9.57. The molecule has 4 heterocycles. The van der Waals surface area contributed by atoms with Gasteiger partial charge in [0.2, 0.25) is 0 Å². The van der Waals surface area contributed by atoms with Crippen LogP contribution in [0.1, 0.15) is 56.9 Å². The van der Waals surface area contributed by atoms with Crippen molar-refractivity contribution in [1.29, 1.82) is 0 Å². The predicted octanol–water partition coefficient (Wildman–Crippen LogP) is 5.09. The summed E-state index contributed by atoms with van der Waals surface area (Å²) in [5.74, 6) is 1.19. The average Bonchev–Trinajstić information content (AvgIpc) is 3.73. The Bertz CT molecular complexity index is 1580. The summed E-state index contributed by atoms with van der Waals surface area (Å²) in [6.07, 6.45) is 8.24. The number of likely N-dealkylation sites (tertiary alicyclic amines) is 2. The summed E-state index contributed by atoms with van der Waals surface area (Å²) < 4.78 is 40.3. The number of rotatable bonds is 11. The second kappa shape index (κ2) is 12.9. The Morgan fingerprint density at radius 3 is 2.21 bits per heavy atom. The van der Waals surface area contributed by atoms with Gasteiger partial charge in [0.15, 0.2) is 9.84 Å². The third-order valence-corrected chi connectivity index (χ3v) is 15.1. The molecule has 3 atom stereocenters. The van der Waals surface area contributed by atoms with Crippen LogP contribution in [0, 0.1) is 23.6 Å². The summed E-state index contributed by atoms with van der Waals surface area (Å²) in [4.78, 5) is 25.4. The maximum Gasteiger partial charge on any atom is 0.320 e. The van der Waals surface area contributed by atoms with E-state index in [-0.39, 0.29) is 28.6 Å². The summed E-state index contributed by atoms with van der Waals surface area (Å²) in [6.45, 7) is 9.93. The first kappa shape index (κ1) is 32.5. The summed E-state index contributed by atoms with van der Waals surface area (Å²) in [5.41, 5.74) is 2.07. The van der Waals surface area contributed by atoms with Crippen molar-refractivity contribution in [1.82, 2.24) is 19.6 Å². The number of carbonyl (C=O) groups is 1. The SMILES string of the molecule is CN1CCN([C@H]2CCC[C@@H]2[C@](CN2CCC2)(c2cccc(F)c2)C2CCN(CC3CN(c4ccc(S(=O)(=O)C5CC5)cc4)C3)CC2)C1=O. The summed E-state index contributed by atoms with van der Waals surface area (Å²) >= 11 is 0. The van der Waals surface area contributed by atoms with Crippen LogP contribution in [0.15, 0.2) is 53.4 Å². The van der Waals surface area contributed by atoms with E-state index in [0.29, 0.717) is 22.6 Å². The van der Waals surface area contributed by atoms with Crippen LogP contribution >= 0.6 is 0 Å². The number of carbonyl (C=O) groups excluding carboxylic acids is 1. The second-order valence-electron chi connectivity index (χ2n) is 15.8. The van der Waals surface area contributed by atoms with Gasteiger partial charge in [-0.1, -0.05) is 18.6 Å². The molecule has 2 aromatic carbocycles. The molecule has 8 rings (SSSR count). The zero-order valence-corrected chi connectivity index (χ0v) is 29.3. The minimum atomic E-state index is -3.15. The van der Waals surface area contributed by atoms with Crippen LogP contribution < -0.4 is 4.90 Å². The van der Waals surface area contributed by atoms with Crippen LogP contribution in [-0.4, -0.2) is 118 Å². The zero-order valence-electron chi connectivity index (χ0n) is 28.5. The first-order valence-corrected chi connectivity index (χ1v) is 20.1. The molecule has 0 radical (unpaired) electrons. The first-order chi connectivity index (χ1) is 23.2. The van der Waals surface area contributed by atoms with Crippen LogP contribution in [0.5, 0.6) is 0 Å². The van der Waals surface area contributed by atoms with E-state index in [1.807, 2.05) is 36.2 Å². The van der Waals surface area contributed by atoms with E-state index in [1.165, 1.54) is 6.42 Å². The van der Waals surface area contributed by atoms with Crippen LogP contribution in [0.2, 0.25) is 0 Å². The minimum absolute atomic E-state index is 0.154. The number of benzene rings is 2. The van der Waals surface area contributed by atoms with Crippen molar-refractivity contribution >= 4 is 21.6 Å². The van der Waals surface area contributed by atoms with Gasteiger partial charge in [-0.2, -0.15) is 0 Å². The van der Waals surface area contributed by atoms with Gasteiger partial charge in [-0.15, -0.1) is 0 Å².